The summed E-state index contributed by atoms with van der Waals surface area (Å²) in [6, 6.07) is 7.55. The van der Waals surface area contributed by atoms with E-state index >= 15 is 0 Å². The van der Waals surface area contributed by atoms with Gasteiger partial charge in [-0.3, -0.25) is 9.59 Å². The number of hydrogen-bond donors (Lipinski definition) is 2. The van der Waals surface area contributed by atoms with E-state index in [4.69, 9.17) is 4.74 Å². The summed E-state index contributed by atoms with van der Waals surface area (Å²) in [6.07, 6.45) is 3.59. The van der Waals surface area contributed by atoms with Crippen molar-refractivity contribution < 1.29 is 14.3 Å². The van der Waals surface area contributed by atoms with Gasteiger partial charge in [-0.2, -0.15) is 0 Å². The van der Waals surface area contributed by atoms with Crippen molar-refractivity contribution >= 4 is 11.8 Å². The second-order valence-electron chi connectivity index (χ2n) is 6.59. The van der Waals surface area contributed by atoms with E-state index in [1.165, 1.54) is 0 Å². The van der Waals surface area contributed by atoms with Crippen LogP contribution in [0.2, 0.25) is 0 Å². The van der Waals surface area contributed by atoms with Gasteiger partial charge in [0, 0.05) is 25.2 Å². The van der Waals surface area contributed by atoms with Gasteiger partial charge in [0.25, 0.3) is 11.8 Å². The van der Waals surface area contributed by atoms with E-state index in [1.807, 2.05) is 35.8 Å². The number of fused-ring (bicyclic) bond motifs is 1. The summed E-state index contributed by atoms with van der Waals surface area (Å²) >= 11 is 0. The first-order valence-electron chi connectivity index (χ1n) is 9.43. The number of aromatic nitrogens is 2. The van der Waals surface area contributed by atoms with Crippen LogP contribution in [0.3, 0.4) is 0 Å². The second-order valence-corrected chi connectivity index (χ2v) is 6.59. The molecule has 2 heterocycles. The molecule has 0 saturated heterocycles. The molecule has 2 N–H and O–H groups in total. The Morgan fingerprint density at radius 2 is 2.00 bits per heavy atom. The summed E-state index contributed by atoms with van der Waals surface area (Å²) in [5.41, 5.74) is 2.09. The molecule has 2 aromatic rings. The molecule has 0 radical (unpaired) electrons. The molecule has 0 unspecified atom stereocenters. The summed E-state index contributed by atoms with van der Waals surface area (Å²) in [6.45, 7) is 3.65. The standard InChI is InChI=1S/C20H26N4O3/c1-3-11-21-20(26)18-23-17(15-9-6-7-12-24(15)18)19(25)22-13-14-8-4-5-10-16(14)27-2/h4-5,8,10H,3,6-7,9,11-13H2,1-2H3,(H,21,26)(H,22,25). The third-order valence-electron chi connectivity index (χ3n) is 4.70. The summed E-state index contributed by atoms with van der Waals surface area (Å²) in [5, 5.41) is 5.76. The lowest BCUT2D eigenvalue weighted by molar-refractivity contribution is 0.0937. The van der Waals surface area contributed by atoms with E-state index in [2.05, 4.69) is 15.6 Å². The minimum Gasteiger partial charge on any atom is -0.496 e. The first kappa shape index (κ1) is 18.9. The fourth-order valence-corrected chi connectivity index (χ4v) is 3.32. The van der Waals surface area contributed by atoms with E-state index in [0.717, 1.165) is 49.2 Å². The van der Waals surface area contributed by atoms with Gasteiger partial charge >= 0.3 is 0 Å². The lowest BCUT2D eigenvalue weighted by Crippen LogP contribution is -2.28. The Hall–Kier alpha value is -2.83. The zero-order valence-corrected chi connectivity index (χ0v) is 15.9. The largest absolute Gasteiger partial charge is 0.496 e. The number of para-hydroxylation sites is 1. The minimum atomic E-state index is -0.263. The van der Waals surface area contributed by atoms with Gasteiger partial charge in [-0.25, -0.2) is 4.98 Å². The van der Waals surface area contributed by atoms with Crippen LogP contribution in [0.1, 0.15) is 58.6 Å². The van der Waals surface area contributed by atoms with Crippen molar-refractivity contribution in [2.45, 2.75) is 45.7 Å². The third kappa shape index (κ3) is 4.13. The van der Waals surface area contributed by atoms with Crippen LogP contribution >= 0.6 is 0 Å². The van der Waals surface area contributed by atoms with Gasteiger partial charge < -0.3 is 19.9 Å². The van der Waals surface area contributed by atoms with E-state index in [-0.39, 0.29) is 11.8 Å². The molecular formula is C20H26N4O3. The van der Waals surface area contributed by atoms with Crippen LogP contribution in [0.15, 0.2) is 24.3 Å². The van der Waals surface area contributed by atoms with E-state index in [1.54, 1.807) is 7.11 Å². The van der Waals surface area contributed by atoms with Crippen LogP contribution in [0.5, 0.6) is 5.75 Å². The van der Waals surface area contributed by atoms with E-state index in [9.17, 15) is 9.59 Å². The predicted octanol–water partition coefficient (Wildman–Crippen LogP) is 2.30. The lowest BCUT2D eigenvalue weighted by Gasteiger charge is -2.17. The van der Waals surface area contributed by atoms with Crippen molar-refractivity contribution in [3.8, 4) is 5.75 Å². The summed E-state index contributed by atoms with van der Waals surface area (Å²) < 4.78 is 7.22. The fourth-order valence-electron chi connectivity index (χ4n) is 3.32. The number of benzene rings is 1. The van der Waals surface area contributed by atoms with Crippen molar-refractivity contribution in [1.29, 1.82) is 0 Å². The number of carbonyl (C=O) groups excluding carboxylic acids is 2. The highest BCUT2D eigenvalue weighted by Crippen LogP contribution is 2.22. The molecule has 0 spiro atoms. The molecule has 144 valence electrons. The number of amides is 2. The molecule has 0 saturated carbocycles. The maximum absolute atomic E-state index is 12.8. The van der Waals surface area contributed by atoms with Crippen molar-refractivity contribution in [1.82, 2.24) is 20.2 Å². The molecule has 7 nitrogen and oxygen atoms in total. The average Bonchev–Trinajstić information content (AvgIpc) is 3.10. The highest BCUT2D eigenvalue weighted by atomic mass is 16.5. The van der Waals surface area contributed by atoms with Gasteiger partial charge in [0.15, 0.2) is 5.82 Å². The van der Waals surface area contributed by atoms with Crippen LogP contribution in [-0.2, 0) is 19.5 Å². The van der Waals surface area contributed by atoms with Crippen molar-refractivity contribution in [3.63, 3.8) is 0 Å². The Morgan fingerprint density at radius 3 is 2.78 bits per heavy atom. The first-order chi connectivity index (χ1) is 13.2. The lowest BCUT2D eigenvalue weighted by atomic mass is 10.1. The van der Waals surface area contributed by atoms with Crippen LogP contribution in [0, 0.1) is 0 Å². The monoisotopic (exact) mass is 370 g/mol. The first-order valence-corrected chi connectivity index (χ1v) is 9.43. The number of methoxy groups -OCH3 is 1. The molecule has 0 bridgehead atoms. The van der Waals surface area contributed by atoms with E-state index < -0.39 is 0 Å². The molecule has 2 amide bonds. The third-order valence-corrected chi connectivity index (χ3v) is 4.70. The Labute approximate surface area is 159 Å². The molecule has 3 rings (SSSR count). The number of nitrogens with one attached hydrogen (secondary N) is 2. The van der Waals surface area contributed by atoms with Crippen molar-refractivity contribution in [2.24, 2.45) is 0 Å². The molecule has 27 heavy (non-hydrogen) atoms. The number of carbonyl (C=O) groups is 2. The molecular weight excluding hydrogens is 344 g/mol. The van der Waals surface area contributed by atoms with Crippen LogP contribution in [-0.4, -0.2) is 35.0 Å². The maximum Gasteiger partial charge on any atom is 0.287 e. The molecule has 1 aromatic heterocycles. The molecule has 0 atom stereocenters. The van der Waals surface area contributed by atoms with Crippen LogP contribution < -0.4 is 15.4 Å². The summed E-state index contributed by atoms with van der Waals surface area (Å²) in [7, 11) is 1.60. The van der Waals surface area contributed by atoms with Crippen LogP contribution in [0.25, 0.3) is 0 Å². The Balaban J connectivity index is 1.80. The Kier molecular flexibility index (Phi) is 6.11. The smallest absolute Gasteiger partial charge is 0.287 e. The zero-order chi connectivity index (χ0) is 19.2. The summed E-state index contributed by atoms with van der Waals surface area (Å²) in [5.74, 6) is 0.578. The van der Waals surface area contributed by atoms with E-state index in [0.29, 0.717) is 24.6 Å². The quantitative estimate of drug-likeness (QED) is 0.783. The zero-order valence-electron chi connectivity index (χ0n) is 15.9. The normalized spacial score (nSPS) is 13.0. The van der Waals surface area contributed by atoms with Gasteiger partial charge in [0.1, 0.15) is 11.4 Å². The Morgan fingerprint density at radius 1 is 1.19 bits per heavy atom. The number of nitrogens with zero attached hydrogens (tertiary/aromatic N) is 2. The van der Waals surface area contributed by atoms with Gasteiger partial charge in [-0.15, -0.1) is 0 Å². The number of ether oxygens (including phenoxy) is 1. The average molecular weight is 370 g/mol. The molecule has 0 fully saturated rings. The molecule has 1 aliphatic rings. The SMILES string of the molecule is CCCNC(=O)c1nc(C(=O)NCc2ccccc2OC)c2n1CCCC2. The molecule has 1 aromatic carbocycles. The minimum absolute atomic E-state index is 0.219. The molecule has 1 aliphatic heterocycles. The number of hydrogen-bond acceptors (Lipinski definition) is 4. The fraction of sp³-hybridized carbons (Fsp3) is 0.450. The summed E-state index contributed by atoms with van der Waals surface area (Å²) in [4.78, 5) is 29.6. The number of imidazole rings is 1. The maximum atomic E-state index is 12.8. The van der Waals surface area contributed by atoms with Gasteiger partial charge in [0.2, 0.25) is 0 Å². The van der Waals surface area contributed by atoms with Gasteiger partial charge in [-0.1, -0.05) is 25.1 Å². The van der Waals surface area contributed by atoms with Crippen molar-refractivity contribution in [2.75, 3.05) is 13.7 Å². The Bertz CT molecular complexity index is 829. The van der Waals surface area contributed by atoms with Crippen LogP contribution in [0.4, 0.5) is 0 Å². The second kappa shape index (κ2) is 8.70. The predicted molar refractivity (Wildman–Crippen MR) is 102 cm³/mol. The topological polar surface area (TPSA) is 85.2 Å². The van der Waals surface area contributed by atoms with Crippen molar-refractivity contribution in [3.05, 3.63) is 47.0 Å². The highest BCUT2D eigenvalue weighted by Gasteiger charge is 2.27. The molecule has 7 heteroatoms. The molecule has 0 aliphatic carbocycles. The van der Waals surface area contributed by atoms with Gasteiger partial charge in [0.05, 0.1) is 12.8 Å². The van der Waals surface area contributed by atoms with Gasteiger partial charge in [-0.05, 0) is 31.7 Å². The highest BCUT2D eigenvalue weighted by molar-refractivity contribution is 5.97. The number of rotatable bonds is 7.